The Kier molecular flexibility index (Phi) is 2.23. The second kappa shape index (κ2) is 3.62. The van der Waals surface area contributed by atoms with Crippen molar-refractivity contribution in [2.45, 2.75) is 38.8 Å². The van der Waals surface area contributed by atoms with Gasteiger partial charge in [0.2, 0.25) is 5.91 Å². The maximum Gasteiger partial charge on any atom is 0.226 e. The number of fused-ring (bicyclic) bond motifs is 1. The molecule has 0 spiro atoms. The molecule has 0 bridgehead atoms. The summed E-state index contributed by atoms with van der Waals surface area (Å²) < 4.78 is 0. The SMILES string of the molecule is CC1Cc2ccccc2CN1C(=O)C1CC1. The minimum atomic E-state index is 0.340. The van der Waals surface area contributed by atoms with Crippen molar-refractivity contribution in [2.24, 2.45) is 5.92 Å². The lowest BCUT2D eigenvalue weighted by molar-refractivity contribution is -0.135. The lowest BCUT2D eigenvalue weighted by Crippen LogP contribution is -2.43. The fourth-order valence-corrected chi connectivity index (χ4v) is 2.54. The molecule has 1 amide bonds. The van der Waals surface area contributed by atoms with Crippen molar-refractivity contribution in [3.8, 4) is 0 Å². The molecule has 16 heavy (non-hydrogen) atoms. The van der Waals surface area contributed by atoms with Gasteiger partial charge in [0.25, 0.3) is 0 Å². The Morgan fingerprint density at radius 2 is 1.94 bits per heavy atom. The Morgan fingerprint density at radius 1 is 1.25 bits per heavy atom. The molecule has 0 saturated heterocycles. The molecule has 2 nitrogen and oxygen atoms in total. The quantitative estimate of drug-likeness (QED) is 0.704. The third-order valence-electron chi connectivity index (χ3n) is 3.72. The van der Waals surface area contributed by atoms with Crippen LogP contribution in [0, 0.1) is 5.92 Å². The van der Waals surface area contributed by atoms with Crippen LogP contribution in [-0.4, -0.2) is 16.8 Å². The number of rotatable bonds is 1. The van der Waals surface area contributed by atoms with Gasteiger partial charge in [-0.2, -0.15) is 0 Å². The van der Waals surface area contributed by atoms with E-state index in [1.807, 2.05) is 0 Å². The first-order valence-electron chi connectivity index (χ1n) is 6.13. The van der Waals surface area contributed by atoms with Crippen LogP contribution in [-0.2, 0) is 17.8 Å². The first-order valence-corrected chi connectivity index (χ1v) is 6.13. The van der Waals surface area contributed by atoms with E-state index in [0.29, 0.717) is 17.9 Å². The standard InChI is InChI=1S/C14H17NO/c1-10-8-12-4-2-3-5-13(12)9-15(10)14(16)11-6-7-11/h2-5,10-11H,6-9H2,1H3. The van der Waals surface area contributed by atoms with Gasteiger partial charge in [-0.15, -0.1) is 0 Å². The number of amides is 1. The molecule has 3 rings (SSSR count). The predicted molar refractivity (Wildman–Crippen MR) is 62.9 cm³/mol. The summed E-state index contributed by atoms with van der Waals surface area (Å²) in [5, 5.41) is 0. The summed E-state index contributed by atoms with van der Waals surface area (Å²) in [6.07, 6.45) is 3.21. The monoisotopic (exact) mass is 215 g/mol. The van der Waals surface area contributed by atoms with E-state index in [4.69, 9.17) is 0 Å². The summed E-state index contributed by atoms with van der Waals surface area (Å²) in [5.74, 6) is 0.717. The van der Waals surface area contributed by atoms with Crippen LogP contribution in [0.4, 0.5) is 0 Å². The van der Waals surface area contributed by atoms with Gasteiger partial charge in [0, 0.05) is 18.5 Å². The summed E-state index contributed by atoms with van der Waals surface area (Å²) in [7, 11) is 0. The number of hydrogen-bond acceptors (Lipinski definition) is 1. The molecule has 1 saturated carbocycles. The molecule has 1 fully saturated rings. The summed E-state index contributed by atoms with van der Waals surface area (Å²) in [6, 6.07) is 8.85. The summed E-state index contributed by atoms with van der Waals surface area (Å²) in [5.41, 5.74) is 2.74. The molecule has 1 heterocycles. The van der Waals surface area contributed by atoms with E-state index in [-0.39, 0.29) is 0 Å². The van der Waals surface area contributed by atoms with Crippen molar-refractivity contribution in [1.82, 2.24) is 4.90 Å². The minimum Gasteiger partial charge on any atom is -0.335 e. The van der Waals surface area contributed by atoms with Gasteiger partial charge in [-0.3, -0.25) is 4.79 Å². The summed E-state index contributed by atoms with van der Waals surface area (Å²) >= 11 is 0. The number of hydrogen-bond donors (Lipinski definition) is 0. The minimum absolute atomic E-state index is 0.340. The Morgan fingerprint density at radius 3 is 2.62 bits per heavy atom. The van der Waals surface area contributed by atoms with E-state index in [2.05, 4.69) is 36.1 Å². The predicted octanol–water partition coefficient (Wildman–Crippen LogP) is 2.37. The molecule has 2 heteroatoms. The number of nitrogens with zero attached hydrogens (tertiary/aromatic N) is 1. The molecule has 2 aliphatic rings. The Balaban J connectivity index is 1.85. The van der Waals surface area contributed by atoms with Crippen LogP contribution in [0.15, 0.2) is 24.3 Å². The molecule has 1 aliphatic heterocycles. The topological polar surface area (TPSA) is 20.3 Å². The van der Waals surface area contributed by atoms with Crippen molar-refractivity contribution in [2.75, 3.05) is 0 Å². The lowest BCUT2D eigenvalue weighted by Gasteiger charge is -2.35. The van der Waals surface area contributed by atoms with Crippen LogP contribution >= 0.6 is 0 Å². The number of carbonyl (C=O) groups is 1. The zero-order chi connectivity index (χ0) is 11.1. The van der Waals surface area contributed by atoms with Crippen LogP contribution in [0.2, 0.25) is 0 Å². The molecule has 0 N–H and O–H groups in total. The van der Waals surface area contributed by atoms with Gasteiger partial charge in [0.05, 0.1) is 0 Å². The van der Waals surface area contributed by atoms with E-state index >= 15 is 0 Å². The van der Waals surface area contributed by atoms with E-state index in [9.17, 15) is 4.79 Å². The van der Waals surface area contributed by atoms with Crippen molar-refractivity contribution in [3.05, 3.63) is 35.4 Å². The fraction of sp³-hybridized carbons (Fsp3) is 0.500. The second-order valence-electron chi connectivity index (χ2n) is 5.06. The van der Waals surface area contributed by atoms with Gasteiger partial charge in [0.1, 0.15) is 0 Å². The Labute approximate surface area is 96.3 Å². The molecule has 1 aliphatic carbocycles. The smallest absolute Gasteiger partial charge is 0.226 e. The van der Waals surface area contributed by atoms with Gasteiger partial charge < -0.3 is 4.90 Å². The van der Waals surface area contributed by atoms with Crippen molar-refractivity contribution >= 4 is 5.91 Å². The van der Waals surface area contributed by atoms with Crippen LogP contribution in [0.3, 0.4) is 0 Å². The third kappa shape index (κ3) is 1.62. The van der Waals surface area contributed by atoms with E-state index in [1.54, 1.807) is 0 Å². The lowest BCUT2D eigenvalue weighted by atomic mass is 9.94. The van der Waals surface area contributed by atoms with Crippen molar-refractivity contribution in [3.63, 3.8) is 0 Å². The molecule has 1 aromatic rings. The maximum atomic E-state index is 12.1. The van der Waals surface area contributed by atoms with Gasteiger partial charge in [-0.05, 0) is 37.3 Å². The van der Waals surface area contributed by atoms with Crippen LogP contribution in [0.5, 0.6) is 0 Å². The molecule has 1 atom stereocenters. The summed E-state index contributed by atoms with van der Waals surface area (Å²) in [4.78, 5) is 14.2. The van der Waals surface area contributed by atoms with Gasteiger partial charge in [0.15, 0.2) is 0 Å². The highest BCUT2D eigenvalue weighted by Crippen LogP contribution is 2.34. The highest BCUT2D eigenvalue weighted by atomic mass is 16.2. The summed E-state index contributed by atoms with van der Waals surface area (Å²) in [6.45, 7) is 2.98. The largest absolute Gasteiger partial charge is 0.335 e. The third-order valence-corrected chi connectivity index (χ3v) is 3.72. The van der Waals surface area contributed by atoms with Crippen LogP contribution in [0.1, 0.15) is 30.9 Å². The fourth-order valence-electron chi connectivity index (χ4n) is 2.54. The van der Waals surface area contributed by atoms with E-state index in [1.165, 1.54) is 11.1 Å². The molecule has 84 valence electrons. The molecular weight excluding hydrogens is 198 g/mol. The normalized spacial score (nSPS) is 24.1. The molecule has 1 aromatic carbocycles. The van der Waals surface area contributed by atoms with Gasteiger partial charge in [-0.25, -0.2) is 0 Å². The zero-order valence-electron chi connectivity index (χ0n) is 9.65. The van der Waals surface area contributed by atoms with Gasteiger partial charge in [-0.1, -0.05) is 24.3 Å². The second-order valence-corrected chi connectivity index (χ2v) is 5.06. The molecule has 0 radical (unpaired) electrons. The van der Waals surface area contributed by atoms with Crippen molar-refractivity contribution in [1.29, 1.82) is 0 Å². The zero-order valence-corrected chi connectivity index (χ0v) is 9.65. The highest BCUT2D eigenvalue weighted by molar-refractivity contribution is 5.81. The number of carbonyl (C=O) groups excluding carboxylic acids is 1. The maximum absolute atomic E-state index is 12.1. The Hall–Kier alpha value is -1.31. The van der Waals surface area contributed by atoms with E-state index in [0.717, 1.165) is 25.8 Å². The van der Waals surface area contributed by atoms with Crippen molar-refractivity contribution < 1.29 is 4.79 Å². The first kappa shape index (κ1) is 9.88. The average Bonchev–Trinajstić information content (AvgIpc) is 3.11. The van der Waals surface area contributed by atoms with Crippen LogP contribution in [0.25, 0.3) is 0 Å². The number of benzene rings is 1. The first-order chi connectivity index (χ1) is 7.75. The molecule has 0 aromatic heterocycles. The van der Waals surface area contributed by atoms with Crippen LogP contribution < -0.4 is 0 Å². The molecular formula is C14H17NO. The highest BCUT2D eigenvalue weighted by Gasteiger charge is 2.36. The Bertz CT molecular complexity index is 422. The van der Waals surface area contributed by atoms with Gasteiger partial charge >= 0.3 is 0 Å². The average molecular weight is 215 g/mol. The molecule has 1 unspecified atom stereocenters. The van der Waals surface area contributed by atoms with E-state index < -0.39 is 0 Å².